The van der Waals surface area contributed by atoms with Gasteiger partial charge in [-0.05, 0) is 59.5 Å². The Labute approximate surface area is 114 Å². The van der Waals surface area contributed by atoms with Gasteiger partial charge in [0.1, 0.15) is 0 Å². The number of carbonyl (C=O) groups excluding carboxylic acids is 1. The van der Waals surface area contributed by atoms with Crippen LogP contribution in [0.1, 0.15) is 27.9 Å². The molecule has 2 aromatic rings. The first kappa shape index (κ1) is 12.5. The molecule has 0 amide bonds. The maximum absolute atomic E-state index is 12.0. The number of halogens is 1. The van der Waals surface area contributed by atoms with Crippen molar-refractivity contribution in [3.05, 3.63) is 56.2 Å². The molecule has 1 aromatic carbocycles. The van der Waals surface area contributed by atoms with Gasteiger partial charge in [0, 0.05) is 16.5 Å². The van der Waals surface area contributed by atoms with Crippen LogP contribution in [0.4, 0.5) is 0 Å². The summed E-state index contributed by atoms with van der Waals surface area (Å²) in [6.45, 7) is 2.00. The molecule has 1 aromatic heterocycles. The lowest BCUT2D eigenvalue weighted by atomic mass is 10.0. The van der Waals surface area contributed by atoms with Crippen LogP contribution in [-0.2, 0) is 6.42 Å². The zero-order valence-corrected chi connectivity index (χ0v) is 12.0. The summed E-state index contributed by atoms with van der Waals surface area (Å²) in [4.78, 5) is 12.0. The second-order valence-corrected chi connectivity index (χ2v) is 5.77. The predicted molar refractivity (Wildman–Crippen MR) is 75.8 cm³/mol. The van der Waals surface area contributed by atoms with Gasteiger partial charge in [-0.15, -0.1) is 0 Å². The molecule has 2 rings (SSSR count). The van der Waals surface area contributed by atoms with Crippen molar-refractivity contribution in [1.29, 1.82) is 0 Å². The fourth-order valence-electron chi connectivity index (χ4n) is 1.73. The lowest BCUT2D eigenvalue weighted by molar-refractivity contribution is 0.0982. The van der Waals surface area contributed by atoms with E-state index >= 15 is 0 Å². The summed E-state index contributed by atoms with van der Waals surface area (Å²) in [5.74, 6) is 0.209. The van der Waals surface area contributed by atoms with E-state index in [9.17, 15) is 4.79 Å². The van der Waals surface area contributed by atoms with E-state index in [0.29, 0.717) is 6.42 Å². The number of rotatable bonds is 4. The van der Waals surface area contributed by atoms with Gasteiger partial charge >= 0.3 is 0 Å². The Hall–Kier alpha value is -0.930. The number of Topliss-reactive ketones (excluding diaryl/α,β-unsaturated/α-hetero) is 1. The van der Waals surface area contributed by atoms with Crippen LogP contribution in [0.5, 0.6) is 0 Å². The molecule has 0 aliphatic rings. The topological polar surface area (TPSA) is 17.1 Å². The first-order valence-corrected chi connectivity index (χ1v) is 7.20. The van der Waals surface area contributed by atoms with E-state index in [1.54, 1.807) is 11.3 Å². The Morgan fingerprint density at radius 3 is 2.82 bits per heavy atom. The molecule has 0 saturated heterocycles. The number of aryl methyl sites for hydroxylation is 2. The van der Waals surface area contributed by atoms with Gasteiger partial charge in [-0.1, -0.05) is 15.9 Å². The number of benzene rings is 1. The lowest BCUT2D eigenvalue weighted by Crippen LogP contribution is -2.01. The average Bonchev–Trinajstić information content (AvgIpc) is 2.77. The summed E-state index contributed by atoms with van der Waals surface area (Å²) in [5.41, 5.74) is 3.15. The van der Waals surface area contributed by atoms with Gasteiger partial charge in [-0.2, -0.15) is 11.3 Å². The largest absolute Gasteiger partial charge is 0.294 e. The van der Waals surface area contributed by atoms with Crippen LogP contribution < -0.4 is 0 Å². The van der Waals surface area contributed by atoms with Gasteiger partial charge in [-0.25, -0.2) is 0 Å². The van der Waals surface area contributed by atoms with Crippen molar-refractivity contribution in [2.45, 2.75) is 19.8 Å². The summed E-state index contributed by atoms with van der Waals surface area (Å²) in [6, 6.07) is 7.92. The standard InChI is InChI=1S/C14H13BrOS/c1-10-6-12(8-13(15)7-10)14(16)3-2-11-4-5-17-9-11/h4-9H,2-3H2,1H3. The SMILES string of the molecule is Cc1cc(Br)cc(C(=O)CCc2ccsc2)c1. The minimum atomic E-state index is 0.209. The Morgan fingerprint density at radius 2 is 2.18 bits per heavy atom. The van der Waals surface area contributed by atoms with Crippen molar-refractivity contribution in [2.75, 3.05) is 0 Å². The number of carbonyl (C=O) groups is 1. The molecule has 17 heavy (non-hydrogen) atoms. The van der Waals surface area contributed by atoms with E-state index in [1.807, 2.05) is 30.5 Å². The van der Waals surface area contributed by atoms with Crippen LogP contribution in [0.15, 0.2) is 39.5 Å². The van der Waals surface area contributed by atoms with Crippen molar-refractivity contribution in [3.63, 3.8) is 0 Å². The van der Waals surface area contributed by atoms with Gasteiger partial charge < -0.3 is 0 Å². The molecule has 3 heteroatoms. The summed E-state index contributed by atoms with van der Waals surface area (Å²) >= 11 is 5.09. The molecule has 0 bridgehead atoms. The van der Waals surface area contributed by atoms with Crippen LogP contribution in [0.2, 0.25) is 0 Å². The molecule has 0 unspecified atom stereocenters. The summed E-state index contributed by atoms with van der Waals surface area (Å²) in [6.07, 6.45) is 1.40. The highest BCUT2D eigenvalue weighted by atomic mass is 79.9. The fourth-order valence-corrected chi connectivity index (χ4v) is 3.05. The molecule has 1 nitrogen and oxygen atoms in total. The first-order valence-electron chi connectivity index (χ1n) is 5.46. The van der Waals surface area contributed by atoms with E-state index in [-0.39, 0.29) is 5.78 Å². The van der Waals surface area contributed by atoms with Crippen LogP contribution >= 0.6 is 27.3 Å². The number of hydrogen-bond acceptors (Lipinski definition) is 2. The van der Waals surface area contributed by atoms with E-state index in [4.69, 9.17) is 0 Å². The monoisotopic (exact) mass is 308 g/mol. The van der Waals surface area contributed by atoms with Crippen molar-refractivity contribution in [3.8, 4) is 0 Å². The van der Waals surface area contributed by atoms with E-state index < -0.39 is 0 Å². The Kier molecular flexibility index (Phi) is 4.13. The highest BCUT2D eigenvalue weighted by molar-refractivity contribution is 9.10. The molecule has 88 valence electrons. The molecule has 0 radical (unpaired) electrons. The summed E-state index contributed by atoms with van der Waals surface area (Å²) in [7, 11) is 0. The maximum atomic E-state index is 12.0. The molecule has 0 N–H and O–H groups in total. The zero-order valence-electron chi connectivity index (χ0n) is 9.57. The molecular formula is C14H13BrOS. The molecule has 0 aliphatic carbocycles. The second kappa shape index (κ2) is 5.61. The van der Waals surface area contributed by atoms with Crippen molar-refractivity contribution in [1.82, 2.24) is 0 Å². The van der Waals surface area contributed by atoms with Gasteiger partial charge in [0.15, 0.2) is 5.78 Å². The number of ketones is 1. The van der Waals surface area contributed by atoms with E-state index in [1.165, 1.54) is 5.56 Å². The minimum Gasteiger partial charge on any atom is -0.294 e. The normalized spacial score (nSPS) is 10.5. The third-order valence-corrected chi connectivity index (χ3v) is 3.77. The van der Waals surface area contributed by atoms with Crippen molar-refractivity contribution >= 4 is 33.0 Å². The molecule has 0 aliphatic heterocycles. The Morgan fingerprint density at radius 1 is 1.35 bits per heavy atom. The molecule has 0 saturated carbocycles. The maximum Gasteiger partial charge on any atom is 0.163 e. The molecule has 0 spiro atoms. The third kappa shape index (κ3) is 3.51. The number of thiophene rings is 1. The quantitative estimate of drug-likeness (QED) is 0.752. The Balaban J connectivity index is 2.04. The van der Waals surface area contributed by atoms with Crippen LogP contribution in [0.25, 0.3) is 0 Å². The van der Waals surface area contributed by atoms with E-state index in [2.05, 4.69) is 27.4 Å². The smallest absolute Gasteiger partial charge is 0.163 e. The summed E-state index contributed by atoms with van der Waals surface area (Å²) < 4.78 is 0.969. The number of hydrogen-bond donors (Lipinski definition) is 0. The highest BCUT2D eigenvalue weighted by Gasteiger charge is 2.07. The van der Waals surface area contributed by atoms with E-state index in [0.717, 1.165) is 22.0 Å². The van der Waals surface area contributed by atoms with Gasteiger partial charge in [0.05, 0.1) is 0 Å². The Bertz CT molecular complexity index is 497. The van der Waals surface area contributed by atoms with Crippen molar-refractivity contribution in [2.24, 2.45) is 0 Å². The third-order valence-electron chi connectivity index (χ3n) is 2.58. The first-order chi connectivity index (χ1) is 8.15. The minimum absolute atomic E-state index is 0.209. The fraction of sp³-hybridized carbons (Fsp3) is 0.214. The molecule has 0 fully saturated rings. The van der Waals surface area contributed by atoms with Gasteiger partial charge in [-0.3, -0.25) is 4.79 Å². The molecule has 0 atom stereocenters. The van der Waals surface area contributed by atoms with Gasteiger partial charge in [0.25, 0.3) is 0 Å². The van der Waals surface area contributed by atoms with Gasteiger partial charge in [0.2, 0.25) is 0 Å². The molecular weight excluding hydrogens is 296 g/mol. The lowest BCUT2D eigenvalue weighted by Gasteiger charge is -2.03. The van der Waals surface area contributed by atoms with Crippen LogP contribution in [-0.4, -0.2) is 5.78 Å². The average molecular weight is 309 g/mol. The molecule has 1 heterocycles. The second-order valence-electron chi connectivity index (χ2n) is 4.07. The zero-order chi connectivity index (χ0) is 12.3. The summed E-state index contributed by atoms with van der Waals surface area (Å²) in [5, 5.41) is 4.14. The van der Waals surface area contributed by atoms with Crippen LogP contribution in [0.3, 0.4) is 0 Å². The highest BCUT2D eigenvalue weighted by Crippen LogP contribution is 2.17. The van der Waals surface area contributed by atoms with Crippen LogP contribution in [0, 0.1) is 6.92 Å². The predicted octanol–water partition coefficient (Wildman–Crippen LogP) is 4.63. The van der Waals surface area contributed by atoms with Crippen molar-refractivity contribution < 1.29 is 4.79 Å².